The first-order chi connectivity index (χ1) is 9.78. The Balaban J connectivity index is 2.25. The van der Waals surface area contributed by atoms with Crippen molar-refractivity contribution in [1.29, 1.82) is 0 Å². The van der Waals surface area contributed by atoms with Crippen molar-refractivity contribution in [2.75, 3.05) is 0 Å². The van der Waals surface area contributed by atoms with Gasteiger partial charge in [-0.1, -0.05) is 20.8 Å². The number of aromatic nitrogens is 4. The van der Waals surface area contributed by atoms with E-state index in [0.29, 0.717) is 12.2 Å². The lowest BCUT2D eigenvalue weighted by molar-refractivity contribution is -0.143. The molecule has 2 aromatic heterocycles. The minimum absolute atomic E-state index is 0.0687. The molecule has 114 valence electrons. The lowest BCUT2D eigenvalue weighted by Gasteiger charge is -2.23. The van der Waals surface area contributed by atoms with Gasteiger partial charge in [0.1, 0.15) is 0 Å². The SMILES string of the molecule is CC(C)(C)CC(Cn1nnnc1-c1sccc1Br)C(=O)O. The zero-order chi connectivity index (χ0) is 15.6. The number of carbonyl (C=O) groups is 1. The van der Waals surface area contributed by atoms with Gasteiger partial charge in [0.05, 0.1) is 17.3 Å². The van der Waals surface area contributed by atoms with Gasteiger partial charge >= 0.3 is 5.97 Å². The summed E-state index contributed by atoms with van der Waals surface area (Å²) in [7, 11) is 0. The number of tetrazole rings is 1. The molecule has 0 fully saturated rings. The largest absolute Gasteiger partial charge is 0.481 e. The number of halogens is 1. The standard InChI is InChI=1S/C13H17BrN4O2S/c1-13(2,3)6-8(12(19)20)7-18-11(15-16-17-18)10-9(14)4-5-21-10/h4-5,8H,6-7H2,1-3H3,(H,19,20). The number of aliphatic carboxylic acids is 1. The normalized spacial score (nSPS) is 13.3. The van der Waals surface area contributed by atoms with E-state index in [4.69, 9.17) is 0 Å². The molecule has 6 nitrogen and oxygen atoms in total. The van der Waals surface area contributed by atoms with Crippen LogP contribution in [0, 0.1) is 11.3 Å². The topological polar surface area (TPSA) is 80.9 Å². The molecule has 0 radical (unpaired) electrons. The Labute approximate surface area is 135 Å². The Morgan fingerprint density at radius 3 is 2.76 bits per heavy atom. The van der Waals surface area contributed by atoms with Crippen LogP contribution in [0.2, 0.25) is 0 Å². The van der Waals surface area contributed by atoms with Gasteiger partial charge in [-0.05, 0) is 49.6 Å². The molecule has 0 saturated carbocycles. The maximum absolute atomic E-state index is 11.5. The second-order valence-corrected chi connectivity index (χ2v) is 7.85. The van der Waals surface area contributed by atoms with Crippen LogP contribution in [0.15, 0.2) is 15.9 Å². The van der Waals surface area contributed by atoms with Gasteiger partial charge in [0.25, 0.3) is 0 Å². The number of thiophene rings is 1. The smallest absolute Gasteiger partial charge is 0.308 e. The van der Waals surface area contributed by atoms with Crippen LogP contribution in [0.1, 0.15) is 27.2 Å². The Hall–Kier alpha value is -1.28. The molecule has 0 amide bonds. The van der Waals surface area contributed by atoms with Crippen molar-refractivity contribution in [3.8, 4) is 10.7 Å². The molecule has 0 aromatic carbocycles. The number of hydrogen-bond acceptors (Lipinski definition) is 5. The molecule has 0 bridgehead atoms. The Morgan fingerprint density at radius 2 is 2.24 bits per heavy atom. The van der Waals surface area contributed by atoms with E-state index in [1.165, 1.54) is 11.3 Å². The summed E-state index contributed by atoms with van der Waals surface area (Å²) in [5.41, 5.74) is -0.0687. The molecule has 21 heavy (non-hydrogen) atoms. The molecular formula is C13H17BrN4O2S. The van der Waals surface area contributed by atoms with Crippen LogP contribution in [-0.2, 0) is 11.3 Å². The van der Waals surface area contributed by atoms with Crippen LogP contribution >= 0.6 is 27.3 Å². The van der Waals surface area contributed by atoms with Gasteiger partial charge in [0, 0.05) is 4.47 Å². The van der Waals surface area contributed by atoms with Crippen molar-refractivity contribution in [1.82, 2.24) is 20.2 Å². The van der Waals surface area contributed by atoms with E-state index in [1.807, 2.05) is 32.2 Å². The fourth-order valence-electron chi connectivity index (χ4n) is 2.12. The first-order valence-electron chi connectivity index (χ1n) is 6.50. The fourth-order valence-corrected chi connectivity index (χ4v) is 3.66. The monoisotopic (exact) mass is 372 g/mol. The maximum Gasteiger partial charge on any atom is 0.308 e. The van der Waals surface area contributed by atoms with Crippen molar-refractivity contribution < 1.29 is 9.90 Å². The molecule has 1 N–H and O–H groups in total. The second-order valence-electron chi connectivity index (χ2n) is 6.08. The van der Waals surface area contributed by atoms with Gasteiger partial charge in [-0.25, -0.2) is 4.68 Å². The second kappa shape index (κ2) is 6.23. The van der Waals surface area contributed by atoms with Crippen molar-refractivity contribution in [2.45, 2.75) is 33.7 Å². The van der Waals surface area contributed by atoms with Crippen LogP contribution in [-0.4, -0.2) is 31.3 Å². The molecule has 0 aliphatic carbocycles. The Bertz CT molecular complexity index is 632. The van der Waals surface area contributed by atoms with E-state index in [0.717, 1.165) is 9.35 Å². The van der Waals surface area contributed by atoms with Crippen LogP contribution in [0.5, 0.6) is 0 Å². The van der Waals surface area contributed by atoms with Gasteiger partial charge in [-0.3, -0.25) is 4.79 Å². The first kappa shape index (κ1) is 16.1. The Kier molecular flexibility index (Phi) is 4.77. The third kappa shape index (κ3) is 4.10. The van der Waals surface area contributed by atoms with E-state index in [9.17, 15) is 9.90 Å². The molecule has 0 aliphatic rings. The summed E-state index contributed by atoms with van der Waals surface area (Å²) in [6.07, 6.45) is 0.563. The highest BCUT2D eigenvalue weighted by Gasteiger charge is 2.27. The average molecular weight is 373 g/mol. The zero-order valence-corrected chi connectivity index (χ0v) is 14.5. The summed E-state index contributed by atoms with van der Waals surface area (Å²) >= 11 is 4.96. The number of carboxylic acids is 1. The molecule has 8 heteroatoms. The maximum atomic E-state index is 11.5. The summed E-state index contributed by atoms with van der Waals surface area (Å²) < 4.78 is 2.48. The molecule has 0 saturated heterocycles. The van der Waals surface area contributed by atoms with E-state index in [2.05, 4.69) is 31.5 Å². The van der Waals surface area contributed by atoms with Gasteiger partial charge < -0.3 is 5.11 Å². The van der Waals surface area contributed by atoms with Crippen LogP contribution in [0.25, 0.3) is 10.7 Å². The molecule has 2 aromatic rings. The molecule has 2 rings (SSSR count). The molecule has 0 spiro atoms. The minimum atomic E-state index is -0.823. The van der Waals surface area contributed by atoms with Crippen molar-refractivity contribution in [2.24, 2.45) is 11.3 Å². The number of hydrogen-bond donors (Lipinski definition) is 1. The molecular weight excluding hydrogens is 356 g/mol. The highest BCUT2D eigenvalue weighted by Crippen LogP contribution is 2.32. The zero-order valence-electron chi connectivity index (χ0n) is 12.1. The van der Waals surface area contributed by atoms with Crippen molar-refractivity contribution in [3.63, 3.8) is 0 Å². The third-order valence-electron chi connectivity index (χ3n) is 2.95. The van der Waals surface area contributed by atoms with E-state index < -0.39 is 11.9 Å². The van der Waals surface area contributed by atoms with Gasteiger partial charge in [-0.2, -0.15) is 0 Å². The lowest BCUT2D eigenvalue weighted by atomic mass is 9.84. The summed E-state index contributed by atoms with van der Waals surface area (Å²) in [6, 6.07) is 1.92. The van der Waals surface area contributed by atoms with E-state index >= 15 is 0 Å². The molecule has 2 heterocycles. The first-order valence-corrected chi connectivity index (χ1v) is 8.17. The fraction of sp³-hybridized carbons (Fsp3) is 0.538. The quantitative estimate of drug-likeness (QED) is 0.870. The number of nitrogens with zero attached hydrogens (tertiary/aromatic N) is 4. The lowest BCUT2D eigenvalue weighted by Crippen LogP contribution is -2.26. The summed E-state index contributed by atoms with van der Waals surface area (Å²) in [5.74, 6) is -0.750. The molecule has 0 aliphatic heterocycles. The molecule has 1 unspecified atom stereocenters. The minimum Gasteiger partial charge on any atom is -0.481 e. The van der Waals surface area contributed by atoms with E-state index in [1.54, 1.807) is 4.68 Å². The van der Waals surface area contributed by atoms with Crippen LogP contribution < -0.4 is 0 Å². The highest BCUT2D eigenvalue weighted by atomic mass is 79.9. The predicted octanol–water partition coefficient (Wildman–Crippen LogP) is 3.30. The summed E-state index contributed by atoms with van der Waals surface area (Å²) in [4.78, 5) is 12.4. The average Bonchev–Trinajstić information content (AvgIpc) is 2.95. The highest BCUT2D eigenvalue weighted by molar-refractivity contribution is 9.10. The summed E-state index contributed by atoms with van der Waals surface area (Å²) in [5, 5.41) is 23.0. The van der Waals surface area contributed by atoms with Crippen molar-refractivity contribution >= 4 is 33.2 Å². The van der Waals surface area contributed by atoms with Crippen molar-refractivity contribution in [3.05, 3.63) is 15.9 Å². The number of rotatable bonds is 5. The molecule has 1 atom stereocenters. The Morgan fingerprint density at radius 1 is 1.52 bits per heavy atom. The summed E-state index contributed by atoms with van der Waals surface area (Å²) in [6.45, 7) is 6.34. The van der Waals surface area contributed by atoms with Crippen LogP contribution in [0.3, 0.4) is 0 Å². The van der Waals surface area contributed by atoms with Gasteiger partial charge in [-0.15, -0.1) is 16.4 Å². The van der Waals surface area contributed by atoms with Gasteiger partial charge in [0.2, 0.25) is 0 Å². The number of carboxylic acid groups (broad SMARTS) is 1. The van der Waals surface area contributed by atoms with Crippen LogP contribution in [0.4, 0.5) is 0 Å². The van der Waals surface area contributed by atoms with E-state index in [-0.39, 0.29) is 12.0 Å². The van der Waals surface area contributed by atoms with Gasteiger partial charge in [0.15, 0.2) is 5.82 Å². The predicted molar refractivity (Wildman–Crippen MR) is 84.0 cm³/mol. The third-order valence-corrected chi connectivity index (χ3v) is 4.79.